The molecule has 0 fully saturated rings. The van der Waals surface area contributed by atoms with Crippen LogP contribution in [0.1, 0.15) is 34.6 Å². The molecule has 4 aromatic rings. The van der Waals surface area contributed by atoms with Crippen LogP contribution in [0.5, 0.6) is 0 Å². The summed E-state index contributed by atoms with van der Waals surface area (Å²) in [5, 5.41) is 3.88. The van der Waals surface area contributed by atoms with Gasteiger partial charge in [0.15, 0.2) is 0 Å². The van der Waals surface area contributed by atoms with Crippen molar-refractivity contribution in [1.29, 1.82) is 0 Å². The number of aromatic nitrogens is 1. The van der Waals surface area contributed by atoms with Crippen molar-refractivity contribution < 1.29 is 51.0 Å². The molecule has 158 valence electrons. The van der Waals surface area contributed by atoms with Gasteiger partial charge in [-0.15, -0.1) is 19.1 Å². The van der Waals surface area contributed by atoms with E-state index in [0.29, 0.717) is 0 Å². The largest absolute Gasteiger partial charge is 4.00 e. The Balaban J connectivity index is 0.000000324. The summed E-state index contributed by atoms with van der Waals surface area (Å²) < 4.78 is 2.26. The molecule has 0 saturated carbocycles. The van der Waals surface area contributed by atoms with Crippen molar-refractivity contribution >= 4 is 21.7 Å². The molecule has 0 spiro atoms. The molecule has 0 atom stereocenters. The van der Waals surface area contributed by atoms with Crippen LogP contribution in [0.25, 0.3) is 27.4 Å². The summed E-state index contributed by atoms with van der Waals surface area (Å²) in [5.74, 6) is 0. The van der Waals surface area contributed by atoms with Gasteiger partial charge in [0.25, 0.3) is 0 Å². The predicted octanol–water partition coefficient (Wildman–Crippen LogP) is 1.62. The number of hydrogen-bond acceptors (Lipinski definition) is 0. The molecule has 3 aromatic carbocycles. The summed E-state index contributed by atoms with van der Waals surface area (Å²) in [4.78, 5) is 0. The van der Waals surface area contributed by atoms with Crippen molar-refractivity contribution in [3.63, 3.8) is 0 Å². The van der Waals surface area contributed by atoms with E-state index in [2.05, 4.69) is 118 Å². The molecule has 1 heterocycles. The average molecular weight is 528 g/mol. The minimum absolute atomic E-state index is 0. The number of allylic oxidation sites excluding steroid dienone is 4. The van der Waals surface area contributed by atoms with Crippen molar-refractivity contribution in [2.45, 2.75) is 34.6 Å². The number of benzene rings is 2. The molecule has 4 heteroatoms. The van der Waals surface area contributed by atoms with Crippen molar-refractivity contribution in [3.05, 3.63) is 95.7 Å². The van der Waals surface area contributed by atoms with E-state index in [4.69, 9.17) is 0 Å². The molecule has 0 aliphatic heterocycles. The fourth-order valence-corrected chi connectivity index (χ4v) is 4.04. The molecule has 0 amide bonds. The zero-order valence-corrected chi connectivity index (χ0v) is 22.6. The maximum atomic E-state index is 3.44. The molecular weight excluding hydrogens is 500 g/mol. The van der Waals surface area contributed by atoms with Gasteiger partial charge < -0.3 is 29.4 Å². The molecule has 1 aromatic heterocycles. The van der Waals surface area contributed by atoms with Crippen molar-refractivity contribution in [3.8, 4) is 5.69 Å². The maximum absolute atomic E-state index is 3.44. The SMILES string of the molecule is CC1=[C-]C(C)(C)C(C)=C1C.[Cl-].[Cl-].[Zr+4].c1ccc2c(c1)cc[c-]2-n1ccc2ccccc21. The van der Waals surface area contributed by atoms with Gasteiger partial charge in [-0.05, 0) is 22.8 Å². The van der Waals surface area contributed by atoms with Gasteiger partial charge in [0.2, 0.25) is 0 Å². The van der Waals surface area contributed by atoms with Crippen molar-refractivity contribution in [2.24, 2.45) is 5.41 Å². The van der Waals surface area contributed by atoms with Crippen LogP contribution in [-0.2, 0) is 26.2 Å². The van der Waals surface area contributed by atoms with Gasteiger partial charge in [-0.2, -0.15) is 11.1 Å². The minimum Gasteiger partial charge on any atom is -1.00 e. The van der Waals surface area contributed by atoms with Gasteiger partial charge in [-0.3, -0.25) is 6.08 Å². The second-order valence-corrected chi connectivity index (χ2v) is 8.18. The molecule has 1 nitrogen and oxygen atoms in total. The van der Waals surface area contributed by atoms with Crippen LogP contribution in [0.15, 0.2) is 89.6 Å². The van der Waals surface area contributed by atoms with E-state index in [-0.39, 0.29) is 56.4 Å². The third-order valence-corrected chi connectivity index (χ3v) is 6.08. The van der Waals surface area contributed by atoms with E-state index >= 15 is 0 Å². The summed E-state index contributed by atoms with van der Waals surface area (Å²) >= 11 is 0. The van der Waals surface area contributed by atoms with Gasteiger partial charge >= 0.3 is 26.2 Å². The van der Waals surface area contributed by atoms with Crippen LogP contribution in [0.2, 0.25) is 0 Å². The molecule has 31 heavy (non-hydrogen) atoms. The summed E-state index contributed by atoms with van der Waals surface area (Å²) in [6.45, 7) is 10.9. The smallest absolute Gasteiger partial charge is 1.00 e. The van der Waals surface area contributed by atoms with Gasteiger partial charge in [0, 0.05) is 0 Å². The van der Waals surface area contributed by atoms with E-state index in [9.17, 15) is 0 Å². The van der Waals surface area contributed by atoms with Crippen molar-refractivity contribution in [1.82, 2.24) is 4.57 Å². The molecule has 0 bridgehead atoms. The Kier molecular flexibility index (Phi) is 9.70. The van der Waals surface area contributed by atoms with Gasteiger partial charge in [0.05, 0.1) is 0 Å². The molecule has 0 unspecified atom stereocenters. The van der Waals surface area contributed by atoms with Gasteiger partial charge in [-0.25, -0.2) is 5.57 Å². The predicted molar refractivity (Wildman–Crippen MR) is 121 cm³/mol. The van der Waals surface area contributed by atoms with E-state index in [1.165, 1.54) is 44.1 Å². The standard InChI is InChI=1S/C17H12N.C10H15.2ClH.Zr/c1-3-7-15-13(5-1)9-10-17(15)18-12-11-14-6-2-4-8-16(14)18;1-7-6-10(4,5)9(3)8(7)2;;;/h1-12H;1-5H3;2*1H;/q2*-1;;;+4/p-2. The first-order valence-corrected chi connectivity index (χ1v) is 9.89. The second kappa shape index (κ2) is 10.9. The second-order valence-electron chi connectivity index (χ2n) is 8.18. The minimum atomic E-state index is 0. The Morgan fingerprint density at radius 3 is 2.00 bits per heavy atom. The maximum Gasteiger partial charge on any atom is 4.00 e. The van der Waals surface area contributed by atoms with Gasteiger partial charge in [0.1, 0.15) is 0 Å². The van der Waals surface area contributed by atoms with Crippen LogP contribution >= 0.6 is 0 Å². The first-order chi connectivity index (χ1) is 13.4. The van der Waals surface area contributed by atoms with E-state index in [0.717, 1.165) is 0 Å². The molecule has 1 aliphatic carbocycles. The van der Waals surface area contributed by atoms with Crippen LogP contribution in [-0.4, -0.2) is 4.57 Å². The van der Waals surface area contributed by atoms with Gasteiger partial charge in [-0.1, -0.05) is 98.5 Å². The Morgan fingerprint density at radius 1 is 0.806 bits per heavy atom. The third-order valence-electron chi connectivity index (χ3n) is 6.08. The Hall–Kier alpha value is -1.47. The van der Waals surface area contributed by atoms with E-state index < -0.39 is 0 Å². The van der Waals surface area contributed by atoms with Crippen molar-refractivity contribution in [2.75, 3.05) is 0 Å². The third kappa shape index (κ3) is 5.31. The topological polar surface area (TPSA) is 4.93 Å². The molecular formula is C27H27Cl2NZr. The Morgan fingerprint density at radius 2 is 1.42 bits per heavy atom. The molecule has 5 rings (SSSR count). The summed E-state index contributed by atoms with van der Waals surface area (Å²) in [7, 11) is 0. The number of rotatable bonds is 1. The fraction of sp³-hybridized carbons (Fsp3) is 0.222. The summed E-state index contributed by atoms with van der Waals surface area (Å²) in [6, 6.07) is 23.5. The monoisotopic (exact) mass is 525 g/mol. The first kappa shape index (κ1) is 27.6. The normalized spacial score (nSPS) is 14.2. The number of hydrogen-bond donors (Lipinski definition) is 0. The Bertz CT molecular complexity index is 1150. The number of para-hydroxylation sites is 1. The van der Waals surface area contributed by atoms with Crippen LogP contribution in [0.3, 0.4) is 0 Å². The summed E-state index contributed by atoms with van der Waals surface area (Å²) in [5.41, 5.74) is 6.91. The van der Waals surface area contributed by atoms with E-state index in [1.807, 2.05) is 0 Å². The van der Waals surface area contributed by atoms with Crippen LogP contribution < -0.4 is 24.8 Å². The van der Waals surface area contributed by atoms with Crippen LogP contribution in [0.4, 0.5) is 0 Å². The number of fused-ring (bicyclic) bond motifs is 2. The number of nitrogens with zero attached hydrogens (tertiary/aromatic N) is 1. The molecule has 0 radical (unpaired) electrons. The molecule has 1 aliphatic rings. The quantitative estimate of drug-likeness (QED) is 0.332. The average Bonchev–Trinajstić information content (AvgIpc) is 3.34. The molecule has 0 N–H and O–H groups in total. The molecule has 0 saturated heterocycles. The van der Waals surface area contributed by atoms with Crippen LogP contribution in [0, 0.1) is 11.5 Å². The fourth-order valence-electron chi connectivity index (χ4n) is 4.04. The Labute approximate surface area is 217 Å². The zero-order chi connectivity index (χ0) is 19.9. The number of halogens is 2. The zero-order valence-electron chi connectivity index (χ0n) is 18.6. The first-order valence-electron chi connectivity index (χ1n) is 9.89. The van der Waals surface area contributed by atoms with E-state index in [1.54, 1.807) is 0 Å². The summed E-state index contributed by atoms with van der Waals surface area (Å²) in [6.07, 6.45) is 5.58.